The third-order valence-corrected chi connectivity index (χ3v) is 7.36. The van der Waals surface area contributed by atoms with E-state index < -0.39 is 0 Å². The summed E-state index contributed by atoms with van der Waals surface area (Å²) in [4.78, 5) is 19.6. The van der Waals surface area contributed by atoms with Gasteiger partial charge in [-0.05, 0) is 86.9 Å². The monoisotopic (exact) mass is 457 g/mol. The molecule has 2 aromatic carbocycles. The minimum absolute atomic E-state index is 0.0512. The number of hydrogen-bond donors (Lipinski definition) is 0. The summed E-state index contributed by atoms with van der Waals surface area (Å²) in [5.41, 5.74) is 6.71. The summed E-state index contributed by atoms with van der Waals surface area (Å²) in [6, 6.07) is 20.8. The van der Waals surface area contributed by atoms with Gasteiger partial charge in [0.15, 0.2) is 5.78 Å². The number of nitrogens with zero attached hydrogens (tertiary/aromatic N) is 1. The Morgan fingerprint density at radius 1 is 1.00 bits per heavy atom. The Morgan fingerprint density at radius 3 is 2.36 bits per heavy atom. The van der Waals surface area contributed by atoms with Crippen LogP contribution < -0.4 is 0 Å². The topological polar surface area (TPSA) is 29.4 Å². The van der Waals surface area contributed by atoms with Gasteiger partial charge in [-0.1, -0.05) is 62.7 Å². The average Bonchev–Trinajstić information content (AvgIpc) is 3.30. The first-order valence-electron chi connectivity index (χ1n) is 12.0. The Morgan fingerprint density at radius 2 is 1.70 bits per heavy atom. The second-order valence-corrected chi connectivity index (χ2v) is 9.61. The van der Waals surface area contributed by atoms with Gasteiger partial charge in [0, 0.05) is 15.3 Å². The molecule has 1 atom stereocenters. The number of allylic oxidation sites excluding steroid dienone is 2. The van der Waals surface area contributed by atoms with Crippen molar-refractivity contribution in [1.29, 1.82) is 0 Å². The van der Waals surface area contributed by atoms with Gasteiger partial charge in [-0.15, -0.1) is 11.3 Å². The van der Waals surface area contributed by atoms with Gasteiger partial charge in [0.1, 0.15) is 0 Å². The number of benzene rings is 2. The van der Waals surface area contributed by atoms with Crippen LogP contribution in [-0.4, -0.2) is 11.5 Å². The van der Waals surface area contributed by atoms with Crippen molar-refractivity contribution in [3.63, 3.8) is 0 Å². The number of para-hydroxylation sites is 1. The largest absolute Gasteiger partial charge is 0.294 e. The zero-order valence-electron chi connectivity index (χ0n) is 20.5. The highest BCUT2D eigenvalue weighted by atomic mass is 32.1. The lowest BCUT2D eigenvalue weighted by Crippen LogP contribution is -2.07. The van der Waals surface area contributed by atoms with Crippen LogP contribution in [0.25, 0.3) is 5.57 Å². The predicted molar refractivity (Wildman–Crippen MR) is 144 cm³/mol. The highest BCUT2D eigenvalue weighted by Gasteiger charge is 2.18. The van der Waals surface area contributed by atoms with Crippen molar-refractivity contribution >= 4 is 34.1 Å². The molecule has 0 amide bonds. The van der Waals surface area contributed by atoms with Crippen LogP contribution in [0.4, 0.5) is 5.69 Å². The molecule has 0 fully saturated rings. The molecule has 1 heterocycles. The number of hydrogen-bond acceptors (Lipinski definition) is 3. The Hall–Kier alpha value is -2.78. The summed E-state index contributed by atoms with van der Waals surface area (Å²) in [5.74, 6) is 0.530. The lowest BCUT2D eigenvalue weighted by molar-refractivity contribution is 0.101. The molecule has 0 aliphatic carbocycles. The maximum absolute atomic E-state index is 12.1. The van der Waals surface area contributed by atoms with E-state index in [0.717, 1.165) is 37.1 Å². The molecule has 1 unspecified atom stereocenters. The van der Waals surface area contributed by atoms with E-state index in [2.05, 4.69) is 70.2 Å². The molecule has 3 heteroatoms. The van der Waals surface area contributed by atoms with Gasteiger partial charge in [0.05, 0.1) is 11.4 Å². The Bertz CT molecular complexity index is 1150. The maximum atomic E-state index is 12.1. The molecule has 33 heavy (non-hydrogen) atoms. The number of carbonyl (C=O) groups excluding carboxylic acids is 1. The van der Waals surface area contributed by atoms with E-state index in [1.807, 2.05) is 35.6 Å². The van der Waals surface area contributed by atoms with Crippen LogP contribution >= 0.6 is 11.3 Å². The van der Waals surface area contributed by atoms with Gasteiger partial charge >= 0.3 is 0 Å². The molecule has 0 N–H and O–H groups in total. The molecular formula is C30H35NOS. The molecule has 0 radical (unpaired) electrons. The van der Waals surface area contributed by atoms with Crippen molar-refractivity contribution < 1.29 is 4.79 Å². The molecule has 3 aromatic rings. The molecule has 2 nitrogen and oxygen atoms in total. The van der Waals surface area contributed by atoms with Crippen LogP contribution in [0.1, 0.15) is 78.2 Å². The molecule has 0 bridgehead atoms. The maximum Gasteiger partial charge on any atom is 0.161 e. The summed E-state index contributed by atoms with van der Waals surface area (Å²) >= 11 is 1.82. The molecule has 1 aromatic heterocycles. The van der Waals surface area contributed by atoms with E-state index in [1.165, 1.54) is 26.5 Å². The number of ketones is 1. The average molecular weight is 458 g/mol. The lowest BCUT2D eigenvalue weighted by Gasteiger charge is -2.19. The first-order chi connectivity index (χ1) is 16.0. The summed E-state index contributed by atoms with van der Waals surface area (Å²) in [6.07, 6.45) is 6.33. The minimum atomic E-state index is 0.0512. The van der Waals surface area contributed by atoms with Crippen LogP contribution in [0, 0.1) is 12.8 Å². The summed E-state index contributed by atoms with van der Waals surface area (Å²) in [6.45, 7) is 10.4. The van der Waals surface area contributed by atoms with Crippen molar-refractivity contribution in [2.24, 2.45) is 10.9 Å². The summed E-state index contributed by atoms with van der Waals surface area (Å²) < 4.78 is 0. The third kappa shape index (κ3) is 6.17. The van der Waals surface area contributed by atoms with Gasteiger partial charge in [-0.2, -0.15) is 0 Å². The zero-order chi connectivity index (χ0) is 23.8. The SMILES string of the molecule is C/C=C(/c1ccc(/C(CCC)=N/c2ccccc2C(C)=O)s1)C(CC)Cc1ccccc1C. The van der Waals surface area contributed by atoms with E-state index in [-0.39, 0.29) is 5.78 Å². The highest BCUT2D eigenvalue weighted by Crippen LogP contribution is 2.35. The first-order valence-corrected chi connectivity index (χ1v) is 12.8. The van der Waals surface area contributed by atoms with Gasteiger partial charge in [0.2, 0.25) is 0 Å². The molecule has 0 saturated carbocycles. The molecule has 3 rings (SSSR count). The Labute approximate surface area is 203 Å². The number of rotatable bonds is 10. The standard InChI is InChI=1S/C30H35NOS/c1-6-13-28(31-27-17-12-11-16-26(27)22(5)32)30-19-18-29(33-30)25(8-3)23(7-2)20-24-15-10-9-14-21(24)4/h8-12,14-19,23H,6-7,13,20H2,1-5H3/b25-8+,31-28+. The molecule has 0 spiro atoms. The normalized spacial score (nSPS) is 13.2. The fraction of sp³-hybridized carbons (Fsp3) is 0.333. The van der Waals surface area contributed by atoms with Crippen LogP contribution in [0.5, 0.6) is 0 Å². The molecule has 0 aliphatic rings. The second kappa shape index (κ2) is 11.9. The van der Waals surface area contributed by atoms with Crippen LogP contribution in [-0.2, 0) is 6.42 Å². The van der Waals surface area contributed by atoms with E-state index in [4.69, 9.17) is 4.99 Å². The van der Waals surface area contributed by atoms with Crippen LogP contribution in [0.2, 0.25) is 0 Å². The van der Waals surface area contributed by atoms with Crippen molar-refractivity contribution in [2.45, 2.75) is 60.3 Å². The number of thiophene rings is 1. The van der Waals surface area contributed by atoms with Gasteiger partial charge < -0.3 is 0 Å². The van der Waals surface area contributed by atoms with Crippen molar-refractivity contribution in [3.05, 3.63) is 93.2 Å². The Kier molecular flexibility index (Phi) is 8.96. The van der Waals surface area contributed by atoms with E-state index in [9.17, 15) is 4.79 Å². The van der Waals surface area contributed by atoms with Gasteiger partial charge in [-0.25, -0.2) is 0 Å². The zero-order valence-corrected chi connectivity index (χ0v) is 21.3. The van der Waals surface area contributed by atoms with Crippen molar-refractivity contribution in [1.82, 2.24) is 0 Å². The fourth-order valence-corrected chi connectivity index (χ4v) is 5.47. The molecular weight excluding hydrogens is 422 g/mol. The van der Waals surface area contributed by atoms with Crippen molar-refractivity contribution in [3.8, 4) is 0 Å². The number of aryl methyl sites for hydroxylation is 1. The lowest BCUT2D eigenvalue weighted by atomic mass is 9.87. The van der Waals surface area contributed by atoms with Crippen molar-refractivity contribution in [2.75, 3.05) is 0 Å². The molecule has 0 saturated heterocycles. The first kappa shape index (κ1) is 24.9. The smallest absolute Gasteiger partial charge is 0.161 e. The highest BCUT2D eigenvalue weighted by molar-refractivity contribution is 7.15. The number of aliphatic imine (C=N–C) groups is 1. The van der Waals surface area contributed by atoms with Crippen LogP contribution in [0.3, 0.4) is 0 Å². The minimum Gasteiger partial charge on any atom is -0.294 e. The second-order valence-electron chi connectivity index (χ2n) is 8.53. The van der Waals surface area contributed by atoms with E-state index in [1.54, 1.807) is 6.92 Å². The van der Waals surface area contributed by atoms with E-state index >= 15 is 0 Å². The number of carbonyl (C=O) groups is 1. The molecule has 0 aliphatic heterocycles. The van der Waals surface area contributed by atoms with Crippen LogP contribution in [0.15, 0.2) is 71.7 Å². The molecule has 172 valence electrons. The quantitative estimate of drug-likeness (QED) is 0.221. The third-order valence-electron chi connectivity index (χ3n) is 6.17. The summed E-state index contributed by atoms with van der Waals surface area (Å²) in [7, 11) is 0. The van der Waals surface area contributed by atoms with Gasteiger partial charge in [-0.3, -0.25) is 9.79 Å². The predicted octanol–water partition coefficient (Wildman–Crippen LogP) is 8.85. The Balaban J connectivity index is 1.93. The fourth-order valence-electron chi connectivity index (χ4n) is 4.29. The summed E-state index contributed by atoms with van der Waals surface area (Å²) in [5, 5.41) is 0. The van der Waals surface area contributed by atoms with Gasteiger partial charge in [0.25, 0.3) is 0 Å². The number of Topliss-reactive ketones (excluding diaryl/α,β-unsaturated/α-hetero) is 1. The van der Waals surface area contributed by atoms with E-state index in [0.29, 0.717) is 11.5 Å².